The lowest BCUT2D eigenvalue weighted by Crippen LogP contribution is -2.29. The first kappa shape index (κ1) is 12.9. The average Bonchev–Trinajstić information content (AvgIpc) is 2.46. The summed E-state index contributed by atoms with van der Waals surface area (Å²) in [5, 5.41) is 8.83. The largest absolute Gasteiger partial charge is 0.481 e. The third-order valence-corrected chi connectivity index (χ3v) is 3.62. The van der Waals surface area contributed by atoms with Gasteiger partial charge in [-0.15, -0.1) is 0 Å². The normalized spacial score (nSPS) is 30.1. The second kappa shape index (κ2) is 5.28. The van der Waals surface area contributed by atoms with E-state index in [1.54, 1.807) is 0 Å². The lowest BCUT2D eigenvalue weighted by atomic mass is 9.74. The van der Waals surface area contributed by atoms with Gasteiger partial charge in [-0.25, -0.2) is 0 Å². The van der Waals surface area contributed by atoms with Crippen molar-refractivity contribution >= 4 is 11.8 Å². The van der Waals surface area contributed by atoms with E-state index in [1.807, 2.05) is 26.0 Å². The lowest BCUT2D eigenvalue weighted by molar-refractivity contribution is -0.139. The fraction of sp³-hybridized carbons (Fsp3) is 0.692. The second-order valence-corrected chi connectivity index (χ2v) is 4.76. The molecule has 0 spiro atoms. The Morgan fingerprint density at radius 3 is 2.81 bits per heavy atom. The van der Waals surface area contributed by atoms with Crippen LogP contribution in [0.1, 0.15) is 46.0 Å². The number of allylic oxidation sites excluding steroid dienone is 2. The standard InChI is InChI=1S/C13H20O3/c1-3-4-5-8-13(2)10(9-12(15)16)6-7-11(13)14/h4-5,10H,3,6-9H2,1-2H3,(H,15,16)/b5-4-/t10-,13+/m1/s1. The molecule has 1 rings (SSSR count). The Balaban J connectivity index is 2.73. The molecule has 1 aliphatic carbocycles. The van der Waals surface area contributed by atoms with Gasteiger partial charge >= 0.3 is 5.97 Å². The molecule has 16 heavy (non-hydrogen) atoms. The van der Waals surface area contributed by atoms with Crippen molar-refractivity contribution in [2.45, 2.75) is 46.0 Å². The van der Waals surface area contributed by atoms with Crippen LogP contribution in [-0.4, -0.2) is 16.9 Å². The topological polar surface area (TPSA) is 54.4 Å². The Labute approximate surface area is 96.5 Å². The van der Waals surface area contributed by atoms with Crippen LogP contribution >= 0.6 is 0 Å². The van der Waals surface area contributed by atoms with Gasteiger partial charge < -0.3 is 5.11 Å². The van der Waals surface area contributed by atoms with Gasteiger partial charge in [0.1, 0.15) is 5.78 Å². The van der Waals surface area contributed by atoms with E-state index in [4.69, 9.17) is 5.11 Å². The number of hydrogen-bond acceptors (Lipinski definition) is 2. The fourth-order valence-electron chi connectivity index (χ4n) is 2.45. The number of hydrogen-bond donors (Lipinski definition) is 1. The Morgan fingerprint density at radius 1 is 1.56 bits per heavy atom. The molecule has 1 fully saturated rings. The average molecular weight is 224 g/mol. The van der Waals surface area contributed by atoms with Gasteiger partial charge in [0.05, 0.1) is 0 Å². The van der Waals surface area contributed by atoms with E-state index in [1.165, 1.54) is 0 Å². The summed E-state index contributed by atoms with van der Waals surface area (Å²) < 4.78 is 0. The van der Waals surface area contributed by atoms with Gasteiger partial charge in [0.2, 0.25) is 0 Å². The molecule has 0 aromatic carbocycles. The first-order valence-electron chi connectivity index (χ1n) is 5.90. The summed E-state index contributed by atoms with van der Waals surface area (Å²) in [4.78, 5) is 22.6. The van der Waals surface area contributed by atoms with Gasteiger partial charge in [-0.3, -0.25) is 9.59 Å². The third-order valence-electron chi connectivity index (χ3n) is 3.62. The smallest absolute Gasteiger partial charge is 0.303 e. The molecule has 0 saturated heterocycles. The highest BCUT2D eigenvalue weighted by atomic mass is 16.4. The maximum absolute atomic E-state index is 11.9. The molecule has 90 valence electrons. The first-order chi connectivity index (χ1) is 7.50. The number of carbonyl (C=O) groups excluding carboxylic acids is 1. The monoisotopic (exact) mass is 224 g/mol. The minimum atomic E-state index is -0.801. The molecule has 3 nitrogen and oxygen atoms in total. The van der Waals surface area contributed by atoms with Gasteiger partial charge in [0.15, 0.2) is 0 Å². The zero-order chi connectivity index (χ0) is 12.2. The van der Waals surface area contributed by atoms with Gasteiger partial charge in [-0.2, -0.15) is 0 Å². The minimum absolute atomic E-state index is 0.000920. The molecule has 1 N–H and O–H groups in total. The van der Waals surface area contributed by atoms with Gasteiger partial charge in [-0.05, 0) is 25.2 Å². The summed E-state index contributed by atoms with van der Waals surface area (Å²) in [6, 6.07) is 0. The molecule has 1 aliphatic rings. The maximum atomic E-state index is 11.9. The summed E-state index contributed by atoms with van der Waals surface area (Å²) >= 11 is 0. The number of aliphatic carboxylic acids is 1. The summed E-state index contributed by atoms with van der Waals surface area (Å²) in [5.41, 5.74) is -0.454. The van der Waals surface area contributed by atoms with Crippen molar-refractivity contribution in [1.29, 1.82) is 0 Å². The van der Waals surface area contributed by atoms with Crippen molar-refractivity contribution in [3.63, 3.8) is 0 Å². The van der Waals surface area contributed by atoms with Crippen LogP contribution in [0.2, 0.25) is 0 Å². The molecule has 3 heteroatoms. The van der Waals surface area contributed by atoms with Gasteiger partial charge in [0, 0.05) is 18.3 Å². The van der Waals surface area contributed by atoms with E-state index in [0.717, 1.165) is 12.8 Å². The SMILES string of the molecule is CC/C=C\C[C@]1(C)C(=O)CC[C@@H]1CC(=O)O. The third kappa shape index (κ3) is 2.71. The van der Waals surface area contributed by atoms with Crippen LogP contribution in [0.4, 0.5) is 0 Å². The fourth-order valence-corrected chi connectivity index (χ4v) is 2.45. The van der Waals surface area contributed by atoms with Gasteiger partial charge in [-0.1, -0.05) is 26.0 Å². The molecule has 0 radical (unpaired) electrons. The summed E-state index contributed by atoms with van der Waals surface area (Å²) in [6.45, 7) is 3.96. The number of ketones is 1. The Hall–Kier alpha value is -1.12. The van der Waals surface area contributed by atoms with Crippen LogP contribution in [0.25, 0.3) is 0 Å². The Morgan fingerprint density at radius 2 is 2.25 bits per heavy atom. The van der Waals surface area contributed by atoms with Crippen molar-refractivity contribution in [3.8, 4) is 0 Å². The second-order valence-electron chi connectivity index (χ2n) is 4.76. The molecule has 0 bridgehead atoms. The number of carboxylic acid groups (broad SMARTS) is 1. The number of carbonyl (C=O) groups is 2. The summed E-state index contributed by atoms with van der Waals surface area (Å²) in [6.07, 6.45) is 7.05. The van der Waals surface area contributed by atoms with Crippen molar-refractivity contribution in [2.24, 2.45) is 11.3 Å². The van der Waals surface area contributed by atoms with E-state index in [0.29, 0.717) is 12.8 Å². The first-order valence-corrected chi connectivity index (χ1v) is 5.90. The molecule has 2 atom stereocenters. The number of rotatable bonds is 5. The van der Waals surface area contributed by atoms with E-state index >= 15 is 0 Å². The number of carboxylic acids is 1. The van der Waals surface area contributed by atoms with Crippen LogP contribution in [-0.2, 0) is 9.59 Å². The molecular weight excluding hydrogens is 204 g/mol. The van der Waals surface area contributed by atoms with Crippen LogP contribution in [0.3, 0.4) is 0 Å². The number of Topliss-reactive ketones (excluding diaryl/α,β-unsaturated/α-hetero) is 1. The zero-order valence-corrected chi connectivity index (χ0v) is 10.0. The van der Waals surface area contributed by atoms with Crippen molar-refractivity contribution in [2.75, 3.05) is 0 Å². The quantitative estimate of drug-likeness (QED) is 0.730. The molecule has 0 unspecified atom stereocenters. The van der Waals surface area contributed by atoms with Crippen LogP contribution < -0.4 is 0 Å². The van der Waals surface area contributed by atoms with E-state index in [-0.39, 0.29) is 18.1 Å². The lowest BCUT2D eigenvalue weighted by Gasteiger charge is -2.27. The van der Waals surface area contributed by atoms with Crippen molar-refractivity contribution in [3.05, 3.63) is 12.2 Å². The Kier molecular flexibility index (Phi) is 4.27. The van der Waals surface area contributed by atoms with E-state index < -0.39 is 11.4 Å². The molecule has 0 heterocycles. The van der Waals surface area contributed by atoms with Crippen LogP contribution in [0.15, 0.2) is 12.2 Å². The minimum Gasteiger partial charge on any atom is -0.481 e. The predicted molar refractivity (Wildman–Crippen MR) is 62.1 cm³/mol. The Bertz CT molecular complexity index is 306. The highest BCUT2D eigenvalue weighted by Gasteiger charge is 2.45. The molecule has 0 aromatic heterocycles. The molecule has 0 amide bonds. The highest BCUT2D eigenvalue weighted by Crippen LogP contribution is 2.45. The summed E-state index contributed by atoms with van der Waals surface area (Å²) in [5.74, 6) is -0.580. The van der Waals surface area contributed by atoms with E-state index in [9.17, 15) is 9.59 Å². The highest BCUT2D eigenvalue weighted by molar-refractivity contribution is 5.88. The van der Waals surface area contributed by atoms with E-state index in [2.05, 4.69) is 0 Å². The van der Waals surface area contributed by atoms with Crippen molar-refractivity contribution < 1.29 is 14.7 Å². The molecular formula is C13H20O3. The van der Waals surface area contributed by atoms with Crippen LogP contribution in [0, 0.1) is 11.3 Å². The van der Waals surface area contributed by atoms with Gasteiger partial charge in [0.25, 0.3) is 0 Å². The summed E-state index contributed by atoms with van der Waals surface area (Å²) in [7, 11) is 0. The molecule has 0 aromatic rings. The predicted octanol–water partition coefficient (Wildman–Crippen LogP) is 2.80. The maximum Gasteiger partial charge on any atom is 0.303 e. The zero-order valence-electron chi connectivity index (χ0n) is 10.0. The molecule has 1 saturated carbocycles. The molecule has 0 aliphatic heterocycles. The van der Waals surface area contributed by atoms with Crippen LogP contribution in [0.5, 0.6) is 0 Å². The van der Waals surface area contributed by atoms with Crippen molar-refractivity contribution in [1.82, 2.24) is 0 Å².